The number of ether oxygens (including phenoxy) is 1. The highest BCUT2D eigenvalue weighted by molar-refractivity contribution is 8.13. The number of nitrogens with two attached hydrogens (primary N) is 1. The van der Waals surface area contributed by atoms with Gasteiger partial charge in [-0.05, 0) is 49.6 Å². The molecule has 3 rings (SSSR count). The molecule has 1 aliphatic heterocycles. The average molecular weight is 384 g/mol. The summed E-state index contributed by atoms with van der Waals surface area (Å²) in [5, 5.41) is 3.59. The maximum absolute atomic E-state index is 12.2. The van der Waals surface area contributed by atoms with Crippen molar-refractivity contribution in [3.8, 4) is 5.75 Å². The van der Waals surface area contributed by atoms with Crippen molar-refractivity contribution >= 4 is 28.5 Å². The largest absolute Gasteiger partial charge is 0.494 e. The van der Waals surface area contributed by atoms with Crippen LogP contribution in [0.3, 0.4) is 0 Å². The molecule has 0 radical (unpaired) electrons. The fourth-order valence-electron chi connectivity index (χ4n) is 2.99. The molecule has 27 heavy (non-hydrogen) atoms. The van der Waals surface area contributed by atoms with Crippen LogP contribution in [-0.4, -0.2) is 23.4 Å². The molecule has 0 saturated carbocycles. The molecule has 142 valence electrons. The van der Waals surface area contributed by atoms with E-state index in [-0.39, 0.29) is 11.4 Å². The van der Waals surface area contributed by atoms with E-state index in [0.29, 0.717) is 24.6 Å². The molecule has 5 nitrogen and oxygen atoms in total. The van der Waals surface area contributed by atoms with Crippen molar-refractivity contribution in [3.05, 3.63) is 60.2 Å². The van der Waals surface area contributed by atoms with Gasteiger partial charge < -0.3 is 15.8 Å². The minimum Gasteiger partial charge on any atom is -0.494 e. The molecule has 0 fully saturated rings. The van der Waals surface area contributed by atoms with E-state index in [1.54, 1.807) is 11.8 Å². The van der Waals surface area contributed by atoms with E-state index < -0.39 is 0 Å². The third kappa shape index (κ3) is 5.50. The van der Waals surface area contributed by atoms with Gasteiger partial charge >= 0.3 is 0 Å². The minimum atomic E-state index is -0.334. The first-order valence-electron chi connectivity index (χ1n) is 9.11. The Bertz CT molecular complexity index is 810. The summed E-state index contributed by atoms with van der Waals surface area (Å²) in [6.07, 6.45) is 2.00. The number of nitrogens with one attached hydrogen (secondary N) is 1. The van der Waals surface area contributed by atoms with E-state index in [1.807, 2.05) is 54.6 Å². The van der Waals surface area contributed by atoms with Gasteiger partial charge in [0.1, 0.15) is 5.75 Å². The van der Waals surface area contributed by atoms with Crippen LogP contribution < -0.4 is 15.8 Å². The molecule has 0 aliphatic carbocycles. The van der Waals surface area contributed by atoms with Crippen LogP contribution in [0.15, 0.2) is 59.6 Å². The molecular formula is C21H25N3O2S. The summed E-state index contributed by atoms with van der Waals surface area (Å²) in [6, 6.07) is 17.5. The van der Waals surface area contributed by atoms with Gasteiger partial charge in [0.05, 0.1) is 12.1 Å². The molecule has 3 N–H and O–H groups in total. The number of carbonyl (C=O) groups is 1. The number of thioether (sulfide) groups is 1. The number of amides is 1. The fraction of sp³-hybridized carbons (Fsp3) is 0.333. The van der Waals surface area contributed by atoms with Crippen molar-refractivity contribution < 1.29 is 9.53 Å². The van der Waals surface area contributed by atoms with E-state index in [2.05, 4.69) is 17.2 Å². The normalized spacial score (nSPS) is 19.2. The highest BCUT2D eigenvalue weighted by Gasteiger charge is 2.29. The molecule has 2 aromatic rings. The molecule has 0 aromatic heterocycles. The summed E-state index contributed by atoms with van der Waals surface area (Å²) in [5.41, 5.74) is 7.43. The van der Waals surface area contributed by atoms with Crippen molar-refractivity contribution in [2.24, 2.45) is 10.7 Å². The van der Waals surface area contributed by atoms with Gasteiger partial charge in [0, 0.05) is 17.9 Å². The van der Waals surface area contributed by atoms with Gasteiger partial charge in [-0.15, -0.1) is 0 Å². The molecule has 1 aliphatic rings. The number of hydrogen-bond acceptors (Lipinski definition) is 5. The van der Waals surface area contributed by atoms with Crippen LogP contribution in [0.2, 0.25) is 0 Å². The summed E-state index contributed by atoms with van der Waals surface area (Å²) in [4.78, 5) is 16.8. The lowest BCUT2D eigenvalue weighted by atomic mass is 9.89. The Labute approximate surface area is 164 Å². The number of amidine groups is 1. The number of benzene rings is 2. The highest BCUT2D eigenvalue weighted by Crippen LogP contribution is 2.35. The molecular weight excluding hydrogens is 358 g/mol. The van der Waals surface area contributed by atoms with Crippen molar-refractivity contribution in [1.29, 1.82) is 0 Å². The lowest BCUT2D eigenvalue weighted by Gasteiger charge is -2.30. The van der Waals surface area contributed by atoms with E-state index in [9.17, 15) is 4.79 Å². The third-order valence-corrected chi connectivity index (χ3v) is 5.32. The van der Waals surface area contributed by atoms with Crippen LogP contribution >= 0.6 is 11.8 Å². The number of anilines is 1. The summed E-state index contributed by atoms with van der Waals surface area (Å²) < 4.78 is 5.62. The van der Waals surface area contributed by atoms with E-state index in [0.717, 1.165) is 29.2 Å². The van der Waals surface area contributed by atoms with Gasteiger partial charge in [-0.1, -0.05) is 42.1 Å². The molecule has 2 aromatic carbocycles. The Morgan fingerprint density at radius 3 is 2.85 bits per heavy atom. The Morgan fingerprint density at radius 2 is 2.07 bits per heavy atom. The molecule has 1 amide bonds. The number of rotatable bonds is 7. The van der Waals surface area contributed by atoms with E-state index >= 15 is 0 Å². The molecule has 0 bridgehead atoms. The summed E-state index contributed by atoms with van der Waals surface area (Å²) in [5.74, 6) is 1.75. The Kier molecular flexibility index (Phi) is 6.40. The first-order chi connectivity index (χ1) is 13.0. The lowest BCUT2D eigenvalue weighted by Crippen LogP contribution is -2.28. The SMILES string of the molecule is CC1(c2cccc(NC(=O)CCCOc3ccccc3)c2)CCSC(N)=N1. The van der Waals surface area contributed by atoms with Gasteiger partial charge in [-0.2, -0.15) is 0 Å². The van der Waals surface area contributed by atoms with Crippen molar-refractivity contribution in [2.75, 3.05) is 17.7 Å². The van der Waals surface area contributed by atoms with Crippen molar-refractivity contribution in [3.63, 3.8) is 0 Å². The first-order valence-corrected chi connectivity index (χ1v) is 10.1. The summed E-state index contributed by atoms with van der Waals surface area (Å²) in [7, 11) is 0. The monoisotopic (exact) mass is 383 g/mol. The van der Waals surface area contributed by atoms with Crippen molar-refractivity contribution in [1.82, 2.24) is 0 Å². The maximum Gasteiger partial charge on any atom is 0.224 e. The van der Waals surface area contributed by atoms with E-state index in [1.165, 1.54) is 0 Å². The third-order valence-electron chi connectivity index (χ3n) is 4.52. The molecule has 1 unspecified atom stereocenters. The molecule has 0 spiro atoms. The lowest BCUT2D eigenvalue weighted by molar-refractivity contribution is -0.116. The zero-order chi connectivity index (χ0) is 19.1. The molecule has 6 heteroatoms. The van der Waals surface area contributed by atoms with Crippen LogP contribution in [-0.2, 0) is 10.3 Å². The zero-order valence-electron chi connectivity index (χ0n) is 15.5. The predicted octanol–water partition coefficient (Wildman–Crippen LogP) is 4.15. The number of aliphatic imine (C=N–C) groups is 1. The minimum absolute atomic E-state index is 0.0174. The second kappa shape index (κ2) is 8.95. The van der Waals surface area contributed by atoms with Crippen LogP contribution in [0, 0.1) is 0 Å². The molecule has 1 heterocycles. The zero-order valence-corrected chi connectivity index (χ0v) is 16.3. The second-order valence-electron chi connectivity index (χ2n) is 6.72. The van der Waals surface area contributed by atoms with Crippen LogP contribution in [0.1, 0.15) is 31.7 Å². The Balaban J connectivity index is 1.52. The molecule has 1 atom stereocenters. The number of carbonyl (C=O) groups excluding carboxylic acids is 1. The maximum atomic E-state index is 12.2. The van der Waals surface area contributed by atoms with Gasteiger partial charge in [0.2, 0.25) is 5.91 Å². The van der Waals surface area contributed by atoms with E-state index in [4.69, 9.17) is 10.5 Å². The first kappa shape index (κ1) is 19.3. The smallest absolute Gasteiger partial charge is 0.224 e. The summed E-state index contributed by atoms with van der Waals surface area (Å²) >= 11 is 1.59. The number of hydrogen-bond donors (Lipinski definition) is 2. The Hall–Kier alpha value is -2.47. The number of nitrogens with zero attached hydrogens (tertiary/aromatic N) is 1. The predicted molar refractivity (Wildman–Crippen MR) is 112 cm³/mol. The standard InChI is InChI=1S/C21H25N3O2S/c1-21(12-14-27-20(22)24-21)16-7-5-8-17(15-16)23-19(25)11-6-13-26-18-9-3-2-4-10-18/h2-5,7-10,15H,6,11-14H2,1H3,(H2,22,24)(H,23,25). The second-order valence-corrected chi connectivity index (χ2v) is 7.83. The average Bonchev–Trinajstić information content (AvgIpc) is 2.66. The van der Waals surface area contributed by atoms with Gasteiger partial charge in [-0.25, -0.2) is 0 Å². The summed E-state index contributed by atoms with van der Waals surface area (Å²) in [6.45, 7) is 2.60. The van der Waals surface area contributed by atoms with Crippen LogP contribution in [0.4, 0.5) is 5.69 Å². The fourth-order valence-corrected chi connectivity index (χ4v) is 3.96. The van der Waals surface area contributed by atoms with Crippen molar-refractivity contribution in [2.45, 2.75) is 31.7 Å². The van der Waals surface area contributed by atoms with Gasteiger partial charge in [-0.3, -0.25) is 9.79 Å². The quantitative estimate of drug-likeness (QED) is 0.704. The topological polar surface area (TPSA) is 76.7 Å². The van der Waals surface area contributed by atoms with Gasteiger partial charge in [0.15, 0.2) is 5.17 Å². The van der Waals surface area contributed by atoms with Crippen LogP contribution in [0.25, 0.3) is 0 Å². The van der Waals surface area contributed by atoms with Crippen LogP contribution in [0.5, 0.6) is 5.75 Å². The molecule has 0 saturated heterocycles. The van der Waals surface area contributed by atoms with Gasteiger partial charge in [0.25, 0.3) is 0 Å². The Morgan fingerprint density at radius 1 is 1.26 bits per heavy atom. The number of para-hydroxylation sites is 1. The highest BCUT2D eigenvalue weighted by atomic mass is 32.2.